The maximum absolute atomic E-state index is 12.1. The van der Waals surface area contributed by atoms with Crippen molar-refractivity contribution in [3.05, 3.63) is 70.2 Å². The van der Waals surface area contributed by atoms with Crippen LogP contribution in [0.3, 0.4) is 0 Å². The van der Waals surface area contributed by atoms with Crippen LogP contribution in [-0.4, -0.2) is 26.2 Å². The number of carbonyl (C=O) groups excluding carboxylic acids is 1. The standard InChI is InChI=1S/C17H16N4OS2/c1-13-3-5-14(6-4-13)11-21-9-10-23-17(21)20-15(22)12-24-16-18-7-2-8-19-16/h2-10H,11-12H2,1H3. The molecule has 0 spiro atoms. The smallest absolute Gasteiger partial charge is 0.258 e. The van der Waals surface area contributed by atoms with Crippen LogP contribution >= 0.6 is 23.1 Å². The Morgan fingerprint density at radius 2 is 2.00 bits per heavy atom. The second-order valence-electron chi connectivity index (χ2n) is 5.12. The van der Waals surface area contributed by atoms with Crippen molar-refractivity contribution in [2.24, 2.45) is 4.99 Å². The molecule has 24 heavy (non-hydrogen) atoms. The van der Waals surface area contributed by atoms with Gasteiger partial charge in [0, 0.05) is 30.5 Å². The number of carbonyl (C=O) groups is 1. The zero-order valence-corrected chi connectivity index (χ0v) is 14.8. The fourth-order valence-corrected chi connectivity index (χ4v) is 3.36. The van der Waals surface area contributed by atoms with E-state index >= 15 is 0 Å². The number of hydrogen-bond acceptors (Lipinski definition) is 5. The van der Waals surface area contributed by atoms with Crippen LogP contribution in [0, 0.1) is 6.92 Å². The summed E-state index contributed by atoms with van der Waals surface area (Å²) in [6.45, 7) is 2.76. The van der Waals surface area contributed by atoms with E-state index in [4.69, 9.17) is 0 Å². The third-order valence-electron chi connectivity index (χ3n) is 3.22. The molecule has 3 rings (SSSR count). The third-order valence-corrected chi connectivity index (χ3v) is 4.88. The summed E-state index contributed by atoms with van der Waals surface area (Å²) in [5, 5.41) is 2.52. The fourth-order valence-electron chi connectivity index (χ4n) is 2.02. The second kappa shape index (κ2) is 8.03. The Hall–Kier alpha value is -2.25. The summed E-state index contributed by atoms with van der Waals surface area (Å²) in [5.74, 6) is 0.0412. The largest absolute Gasteiger partial charge is 0.319 e. The molecule has 0 saturated carbocycles. The highest BCUT2D eigenvalue weighted by molar-refractivity contribution is 7.99. The molecule has 0 saturated heterocycles. The van der Waals surface area contributed by atoms with Crippen LogP contribution in [-0.2, 0) is 11.3 Å². The molecule has 3 aromatic rings. The average Bonchev–Trinajstić information content (AvgIpc) is 3.03. The van der Waals surface area contributed by atoms with E-state index in [-0.39, 0.29) is 11.7 Å². The molecular weight excluding hydrogens is 340 g/mol. The Kier molecular flexibility index (Phi) is 5.55. The molecule has 2 aromatic heterocycles. The van der Waals surface area contributed by atoms with Crippen molar-refractivity contribution in [1.82, 2.24) is 14.5 Å². The Morgan fingerprint density at radius 1 is 1.25 bits per heavy atom. The molecule has 122 valence electrons. The summed E-state index contributed by atoms with van der Waals surface area (Å²) in [4.78, 5) is 25.2. The number of aromatic nitrogens is 3. The molecule has 0 bridgehead atoms. The zero-order chi connectivity index (χ0) is 16.8. The van der Waals surface area contributed by atoms with E-state index in [0.717, 1.165) is 0 Å². The lowest BCUT2D eigenvalue weighted by atomic mass is 10.1. The Bertz CT molecular complexity index is 869. The molecule has 0 fully saturated rings. The van der Waals surface area contributed by atoms with Crippen LogP contribution in [0.1, 0.15) is 11.1 Å². The number of thiazole rings is 1. The van der Waals surface area contributed by atoms with Gasteiger partial charge in [0.1, 0.15) is 0 Å². The van der Waals surface area contributed by atoms with Crippen LogP contribution < -0.4 is 4.80 Å². The Labute approximate surface area is 148 Å². The third kappa shape index (κ3) is 4.62. The van der Waals surface area contributed by atoms with Gasteiger partial charge >= 0.3 is 0 Å². The molecule has 1 aromatic carbocycles. The van der Waals surface area contributed by atoms with E-state index in [1.54, 1.807) is 18.5 Å². The van der Waals surface area contributed by atoms with Gasteiger partial charge < -0.3 is 4.57 Å². The van der Waals surface area contributed by atoms with E-state index in [1.165, 1.54) is 34.2 Å². The summed E-state index contributed by atoms with van der Waals surface area (Å²) >= 11 is 2.75. The SMILES string of the molecule is Cc1ccc(Cn2ccsc2=NC(=O)CSc2ncccn2)cc1. The van der Waals surface area contributed by atoms with Crippen molar-refractivity contribution in [3.63, 3.8) is 0 Å². The van der Waals surface area contributed by atoms with Crippen molar-refractivity contribution in [2.45, 2.75) is 18.6 Å². The highest BCUT2D eigenvalue weighted by Crippen LogP contribution is 2.11. The predicted octanol–water partition coefficient (Wildman–Crippen LogP) is 2.92. The number of thioether (sulfide) groups is 1. The van der Waals surface area contributed by atoms with Gasteiger partial charge in [-0.3, -0.25) is 4.79 Å². The first-order valence-corrected chi connectivity index (χ1v) is 9.24. The normalized spacial score (nSPS) is 11.6. The van der Waals surface area contributed by atoms with Gasteiger partial charge in [-0.15, -0.1) is 11.3 Å². The van der Waals surface area contributed by atoms with Gasteiger partial charge in [-0.25, -0.2) is 9.97 Å². The van der Waals surface area contributed by atoms with Crippen LogP contribution in [0.5, 0.6) is 0 Å². The first kappa shape index (κ1) is 16.6. The molecule has 0 unspecified atom stereocenters. The highest BCUT2D eigenvalue weighted by atomic mass is 32.2. The lowest BCUT2D eigenvalue weighted by Crippen LogP contribution is -2.17. The lowest BCUT2D eigenvalue weighted by molar-refractivity contribution is -0.115. The van der Waals surface area contributed by atoms with Gasteiger partial charge in [0.15, 0.2) is 9.96 Å². The fraction of sp³-hybridized carbons (Fsp3) is 0.176. The van der Waals surface area contributed by atoms with Gasteiger partial charge in [0.05, 0.1) is 5.75 Å². The van der Waals surface area contributed by atoms with Crippen LogP contribution in [0.15, 0.2) is 64.5 Å². The van der Waals surface area contributed by atoms with Crippen LogP contribution in [0.2, 0.25) is 0 Å². The maximum atomic E-state index is 12.1. The molecule has 0 radical (unpaired) electrons. The molecule has 0 atom stereocenters. The van der Waals surface area contributed by atoms with Crippen molar-refractivity contribution in [2.75, 3.05) is 5.75 Å². The van der Waals surface area contributed by atoms with E-state index < -0.39 is 0 Å². The summed E-state index contributed by atoms with van der Waals surface area (Å²) in [5.41, 5.74) is 2.41. The zero-order valence-electron chi connectivity index (χ0n) is 13.1. The summed E-state index contributed by atoms with van der Waals surface area (Å²) in [6, 6.07) is 10.1. The number of amides is 1. The maximum Gasteiger partial charge on any atom is 0.258 e. The highest BCUT2D eigenvalue weighted by Gasteiger charge is 2.05. The van der Waals surface area contributed by atoms with Crippen molar-refractivity contribution < 1.29 is 4.79 Å². The number of nitrogens with zero attached hydrogens (tertiary/aromatic N) is 4. The Balaban J connectivity index is 1.68. The minimum atomic E-state index is -0.187. The second-order valence-corrected chi connectivity index (χ2v) is 6.94. The average molecular weight is 356 g/mol. The first-order chi connectivity index (χ1) is 11.7. The van der Waals surface area contributed by atoms with Crippen molar-refractivity contribution >= 4 is 29.0 Å². The summed E-state index contributed by atoms with van der Waals surface area (Å²) in [6.07, 6.45) is 5.27. The van der Waals surface area contributed by atoms with Gasteiger partial charge in [-0.05, 0) is 18.6 Å². The lowest BCUT2D eigenvalue weighted by Gasteiger charge is -2.03. The molecule has 0 aliphatic heterocycles. The number of benzene rings is 1. The molecular formula is C17H16N4OS2. The molecule has 1 amide bonds. The van der Waals surface area contributed by atoms with Gasteiger partial charge in [0.2, 0.25) is 0 Å². The van der Waals surface area contributed by atoms with Crippen molar-refractivity contribution in [3.8, 4) is 0 Å². The number of aryl methyl sites for hydroxylation is 1. The number of hydrogen-bond donors (Lipinski definition) is 0. The monoisotopic (exact) mass is 356 g/mol. The minimum absolute atomic E-state index is 0.187. The molecule has 2 heterocycles. The van der Waals surface area contributed by atoms with Crippen molar-refractivity contribution in [1.29, 1.82) is 0 Å². The first-order valence-electron chi connectivity index (χ1n) is 7.37. The van der Waals surface area contributed by atoms with E-state index in [1.807, 2.05) is 16.1 Å². The van der Waals surface area contributed by atoms with E-state index in [9.17, 15) is 4.79 Å². The van der Waals surface area contributed by atoms with Crippen LogP contribution in [0.4, 0.5) is 0 Å². The summed E-state index contributed by atoms with van der Waals surface area (Å²) in [7, 11) is 0. The molecule has 7 heteroatoms. The van der Waals surface area contributed by atoms with E-state index in [0.29, 0.717) is 16.5 Å². The molecule has 0 aliphatic rings. The predicted molar refractivity (Wildman–Crippen MR) is 95.9 cm³/mol. The molecule has 5 nitrogen and oxygen atoms in total. The quantitative estimate of drug-likeness (QED) is 0.521. The van der Waals surface area contributed by atoms with Gasteiger partial charge in [-0.1, -0.05) is 41.6 Å². The van der Waals surface area contributed by atoms with Crippen LogP contribution in [0.25, 0.3) is 0 Å². The Morgan fingerprint density at radius 3 is 2.75 bits per heavy atom. The van der Waals surface area contributed by atoms with Gasteiger partial charge in [0.25, 0.3) is 5.91 Å². The molecule has 0 aliphatic carbocycles. The van der Waals surface area contributed by atoms with E-state index in [2.05, 4.69) is 46.1 Å². The van der Waals surface area contributed by atoms with Gasteiger partial charge in [-0.2, -0.15) is 4.99 Å². The topological polar surface area (TPSA) is 60.1 Å². The minimum Gasteiger partial charge on any atom is -0.319 e. The number of rotatable bonds is 5. The molecule has 0 N–H and O–H groups in total. The summed E-state index contributed by atoms with van der Waals surface area (Å²) < 4.78 is 1.98.